The van der Waals surface area contributed by atoms with Crippen LogP contribution in [0.2, 0.25) is 0 Å². The number of ketones is 1. The molecular formula is C18H22O4. The largest absolute Gasteiger partial charge is 0.507 e. The van der Waals surface area contributed by atoms with Gasteiger partial charge in [0, 0.05) is 17.5 Å². The van der Waals surface area contributed by atoms with Gasteiger partial charge in [0.2, 0.25) is 0 Å². The topological polar surface area (TPSA) is 66.8 Å². The van der Waals surface area contributed by atoms with Gasteiger partial charge in [0.1, 0.15) is 28.4 Å². The molecule has 2 aliphatic rings. The van der Waals surface area contributed by atoms with E-state index in [1.165, 1.54) is 24.1 Å². The van der Waals surface area contributed by atoms with E-state index in [1.54, 1.807) is 0 Å². The minimum atomic E-state index is -0.347. The zero-order valence-electron chi connectivity index (χ0n) is 13.5. The first-order valence-corrected chi connectivity index (χ1v) is 7.68. The predicted molar refractivity (Wildman–Crippen MR) is 83.8 cm³/mol. The SMILES string of the molecule is CC(=O)c1c(O)cc2c(c1O)[C@H]1C[C@](C)(CCC1=C(C)C)O2. The number of allylic oxidation sites excluding steroid dienone is 2. The van der Waals surface area contributed by atoms with Crippen molar-refractivity contribution in [2.75, 3.05) is 0 Å². The van der Waals surface area contributed by atoms with Gasteiger partial charge in [-0.05, 0) is 47.0 Å². The van der Waals surface area contributed by atoms with E-state index in [2.05, 4.69) is 20.8 Å². The van der Waals surface area contributed by atoms with Crippen molar-refractivity contribution in [1.29, 1.82) is 0 Å². The highest BCUT2D eigenvalue weighted by molar-refractivity contribution is 6.00. The average molecular weight is 302 g/mol. The number of ether oxygens (including phenoxy) is 1. The molecule has 2 N–H and O–H groups in total. The van der Waals surface area contributed by atoms with Gasteiger partial charge < -0.3 is 14.9 Å². The Labute approximate surface area is 130 Å². The maximum absolute atomic E-state index is 11.8. The molecule has 0 amide bonds. The zero-order valence-corrected chi connectivity index (χ0v) is 13.5. The van der Waals surface area contributed by atoms with Crippen LogP contribution in [-0.2, 0) is 0 Å². The predicted octanol–water partition coefficient (Wildman–Crippen LogP) is 4.06. The van der Waals surface area contributed by atoms with Crippen molar-refractivity contribution in [3.05, 3.63) is 28.3 Å². The Bertz CT molecular complexity index is 698. The summed E-state index contributed by atoms with van der Waals surface area (Å²) >= 11 is 0. The molecule has 1 aliphatic heterocycles. The molecule has 1 aromatic rings. The molecule has 1 aliphatic carbocycles. The quantitative estimate of drug-likeness (QED) is 0.606. The normalized spacial score (nSPS) is 26.2. The second-order valence-electron chi connectivity index (χ2n) is 6.92. The van der Waals surface area contributed by atoms with Crippen LogP contribution in [0.15, 0.2) is 17.2 Å². The summed E-state index contributed by atoms with van der Waals surface area (Å²) in [6, 6.07) is 1.48. The molecule has 1 heterocycles. The molecule has 1 aromatic carbocycles. The number of fused-ring (bicyclic) bond motifs is 4. The maximum Gasteiger partial charge on any atom is 0.167 e. The Morgan fingerprint density at radius 1 is 1.32 bits per heavy atom. The van der Waals surface area contributed by atoms with Crippen molar-refractivity contribution in [3.8, 4) is 17.2 Å². The minimum Gasteiger partial charge on any atom is -0.507 e. The Hall–Kier alpha value is -1.97. The fourth-order valence-electron chi connectivity index (χ4n) is 3.88. The number of benzene rings is 1. The number of hydrogen-bond acceptors (Lipinski definition) is 4. The molecule has 0 spiro atoms. The molecule has 1 fully saturated rings. The van der Waals surface area contributed by atoms with Crippen LogP contribution >= 0.6 is 0 Å². The van der Waals surface area contributed by atoms with Crippen LogP contribution in [0.5, 0.6) is 17.2 Å². The third-order valence-corrected chi connectivity index (χ3v) is 4.96. The van der Waals surface area contributed by atoms with E-state index in [1.807, 2.05) is 0 Å². The number of carbonyl (C=O) groups is 1. The summed E-state index contributed by atoms with van der Waals surface area (Å²) in [5.41, 5.74) is 2.91. The Morgan fingerprint density at radius 2 is 2.00 bits per heavy atom. The van der Waals surface area contributed by atoms with Gasteiger partial charge in [-0.15, -0.1) is 0 Å². The van der Waals surface area contributed by atoms with Gasteiger partial charge in [-0.2, -0.15) is 0 Å². The van der Waals surface area contributed by atoms with Crippen molar-refractivity contribution < 1.29 is 19.7 Å². The molecule has 118 valence electrons. The number of aromatic hydroxyl groups is 2. The monoisotopic (exact) mass is 302 g/mol. The van der Waals surface area contributed by atoms with Gasteiger partial charge >= 0.3 is 0 Å². The summed E-state index contributed by atoms with van der Waals surface area (Å²) in [6.07, 6.45) is 2.63. The van der Waals surface area contributed by atoms with Crippen molar-refractivity contribution in [2.24, 2.45) is 0 Å². The van der Waals surface area contributed by atoms with Crippen LogP contribution in [0.1, 0.15) is 68.8 Å². The Morgan fingerprint density at radius 3 is 2.59 bits per heavy atom. The maximum atomic E-state index is 11.8. The van der Waals surface area contributed by atoms with Gasteiger partial charge in [0.15, 0.2) is 5.78 Å². The highest BCUT2D eigenvalue weighted by Crippen LogP contribution is 2.56. The van der Waals surface area contributed by atoms with Crippen LogP contribution in [0.25, 0.3) is 0 Å². The van der Waals surface area contributed by atoms with Gasteiger partial charge in [-0.1, -0.05) is 11.1 Å². The third-order valence-electron chi connectivity index (χ3n) is 4.96. The summed E-state index contributed by atoms with van der Waals surface area (Å²) in [5, 5.41) is 20.7. The number of phenolic OH excluding ortho intramolecular Hbond substituents is 2. The molecule has 2 bridgehead atoms. The summed E-state index contributed by atoms with van der Waals surface area (Å²) in [7, 11) is 0. The molecule has 1 saturated carbocycles. The van der Waals surface area contributed by atoms with E-state index in [4.69, 9.17) is 4.74 Å². The molecule has 0 saturated heterocycles. The standard InChI is InChI=1S/C18H22O4/c1-9(2)11-5-6-18(4)8-12(11)16-14(22-18)7-13(20)15(10(3)19)17(16)21/h7,12,20-21H,5-6,8H2,1-4H3/t12-,18-/m0/s1. The zero-order chi connectivity index (χ0) is 16.2. The highest BCUT2D eigenvalue weighted by Gasteiger charge is 2.45. The lowest BCUT2D eigenvalue weighted by Gasteiger charge is -2.46. The van der Waals surface area contributed by atoms with E-state index in [-0.39, 0.29) is 34.4 Å². The molecule has 0 radical (unpaired) electrons. The summed E-state index contributed by atoms with van der Waals surface area (Å²) < 4.78 is 6.06. The molecule has 4 nitrogen and oxygen atoms in total. The van der Waals surface area contributed by atoms with Crippen molar-refractivity contribution in [2.45, 2.75) is 58.5 Å². The van der Waals surface area contributed by atoms with E-state index in [0.717, 1.165) is 19.3 Å². The molecule has 0 unspecified atom stereocenters. The van der Waals surface area contributed by atoms with Gasteiger partial charge in [-0.25, -0.2) is 0 Å². The van der Waals surface area contributed by atoms with Crippen LogP contribution in [0, 0.1) is 0 Å². The molecular weight excluding hydrogens is 280 g/mol. The fraction of sp³-hybridized carbons (Fsp3) is 0.500. The van der Waals surface area contributed by atoms with Crippen molar-refractivity contribution >= 4 is 5.78 Å². The number of hydrogen-bond donors (Lipinski definition) is 2. The highest BCUT2D eigenvalue weighted by atomic mass is 16.5. The van der Waals surface area contributed by atoms with E-state index in [0.29, 0.717) is 11.3 Å². The smallest absolute Gasteiger partial charge is 0.167 e. The third kappa shape index (κ3) is 2.09. The van der Waals surface area contributed by atoms with Crippen LogP contribution in [-0.4, -0.2) is 21.6 Å². The average Bonchev–Trinajstić information content (AvgIpc) is 2.35. The van der Waals surface area contributed by atoms with Crippen molar-refractivity contribution in [3.63, 3.8) is 0 Å². The second kappa shape index (κ2) is 4.77. The number of rotatable bonds is 1. The summed E-state index contributed by atoms with van der Waals surface area (Å²) in [5.74, 6) is -0.148. The number of phenols is 2. The molecule has 4 heteroatoms. The van der Waals surface area contributed by atoms with E-state index >= 15 is 0 Å². The number of carbonyl (C=O) groups excluding carboxylic acids is 1. The summed E-state index contributed by atoms with van der Waals surface area (Å²) in [6.45, 7) is 7.57. The first-order chi connectivity index (χ1) is 10.2. The lowest BCUT2D eigenvalue weighted by Crippen LogP contribution is -2.42. The summed E-state index contributed by atoms with van der Waals surface area (Å²) in [4.78, 5) is 11.8. The van der Waals surface area contributed by atoms with Gasteiger partial charge in [0.05, 0.1) is 0 Å². The lowest BCUT2D eigenvalue weighted by atomic mass is 9.69. The van der Waals surface area contributed by atoms with E-state index in [9.17, 15) is 15.0 Å². The van der Waals surface area contributed by atoms with Crippen molar-refractivity contribution in [1.82, 2.24) is 0 Å². The Kier molecular flexibility index (Phi) is 3.24. The molecule has 22 heavy (non-hydrogen) atoms. The van der Waals surface area contributed by atoms with Gasteiger partial charge in [0.25, 0.3) is 0 Å². The van der Waals surface area contributed by atoms with Crippen LogP contribution in [0.4, 0.5) is 0 Å². The van der Waals surface area contributed by atoms with Gasteiger partial charge in [-0.3, -0.25) is 4.79 Å². The number of Topliss-reactive ketones (excluding diaryl/α,β-unsaturated/α-hetero) is 1. The molecule has 3 rings (SSSR count). The fourth-order valence-corrected chi connectivity index (χ4v) is 3.88. The van der Waals surface area contributed by atoms with Crippen LogP contribution in [0.3, 0.4) is 0 Å². The first kappa shape index (κ1) is 14.9. The lowest BCUT2D eigenvalue weighted by molar-refractivity contribution is 0.0343. The van der Waals surface area contributed by atoms with Crippen LogP contribution < -0.4 is 4.74 Å². The second-order valence-corrected chi connectivity index (χ2v) is 6.92. The first-order valence-electron chi connectivity index (χ1n) is 7.68. The minimum absolute atomic E-state index is 0.00960. The molecule has 2 atom stereocenters. The Balaban J connectivity index is 2.28. The van der Waals surface area contributed by atoms with E-state index < -0.39 is 0 Å². The molecule has 0 aromatic heterocycles.